The molecule has 1 aromatic rings. The third-order valence-corrected chi connectivity index (χ3v) is 4.43. The number of benzene rings is 1. The Kier molecular flexibility index (Phi) is 5.67. The Bertz CT molecular complexity index is 568. The van der Waals surface area contributed by atoms with Crippen LogP contribution in [0.2, 0.25) is 0 Å². The third-order valence-electron chi connectivity index (χ3n) is 2.94. The number of aromatic carboxylic acids is 1. The van der Waals surface area contributed by atoms with Gasteiger partial charge >= 0.3 is 5.97 Å². The quantitative estimate of drug-likeness (QED) is 0.699. The molecule has 112 valence electrons. The predicted octanol–water partition coefficient (Wildman–Crippen LogP) is 1.07. The van der Waals surface area contributed by atoms with E-state index >= 15 is 0 Å². The summed E-state index contributed by atoms with van der Waals surface area (Å²) in [6, 6.07) is 4.76. The maximum Gasteiger partial charge on any atom is 0.335 e. The Balaban J connectivity index is 3.04. The Morgan fingerprint density at radius 2 is 2.00 bits per heavy atom. The van der Waals surface area contributed by atoms with Crippen LogP contribution in [-0.2, 0) is 10.0 Å². The molecule has 0 saturated heterocycles. The smallest absolute Gasteiger partial charge is 0.335 e. The highest BCUT2D eigenvalue weighted by Gasteiger charge is 2.22. The Hall–Kier alpha value is -1.44. The fourth-order valence-corrected chi connectivity index (χ4v) is 3.20. The van der Waals surface area contributed by atoms with Crippen LogP contribution in [0.1, 0.15) is 30.6 Å². The summed E-state index contributed by atoms with van der Waals surface area (Å²) in [6.07, 6.45) is 0.301. The fraction of sp³-hybridized carbons (Fsp3) is 0.462. The molecule has 3 N–H and O–H groups in total. The zero-order chi connectivity index (χ0) is 15.3. The van der Waals surface area contributed by atoms with Crippen LogP contribution in [-0.4, -0.2) is 37.2 Å². The maximum atomic E-state index is 12.2. The van der Waals surface area contributed by atoms with Gasteiger partial charge in [-0.25, -0.2) is 17.9 Å². The second-order valence-corrected chi connectivity index (χ2v) is 6.53. The van der Waals surface area contributed by atoms with Gasteiger partial charge in [0.15, 0.2) is 0 Å². The van der Waals surface area contributed by atoms with E-state index in [0.29, 0.717) is 6.42 Å². The van der Waals surface area contributed by atoms with Crippen LogP contribution in [0.4, 0.5) is 0 Å². The van der Waals surface area contributed by atoms with Gasteiger partial charge in [0.2, 0.25) is 10.0 Å². The van der Waals surface area contributed by atoms with Crippen molar-refractivity contribution in [2.45, 2.75) is 31.2 Å². The lowest BCUT2D eigenvalue weighted by Gasteiger charge is -2.21. The molecule has 1 rings (SSSR count). The molecular weight excluding hydrogens is 282 g/mol. The van der Waals surface area contributed by atoms with Gasteiger partial charge in [0, 0.05) is 12.6 Å². The fourth-order valence-electron chi connectivity index (χ4n) is 1.73. The van der Waals surface area contributed by atoms with Crippen LogP contribution in [0.3, 0.4) is 0 Å². The van der Waals surface area contributed by atoms with Gasteiger partial charge in [-0.05, 0) is 30.5 Å². The molecule has 1 atom stereocenters. The zero-order valence-corrected chi connectivity index (χ0v) is 12.2. The van der Waals surface area contributed by atoms with E-state index in [4.69, 9.17) is 10.2 Å². The van der Waals surface area contributed by atoms with Gasteiger partial charge in [-0.3, -0.25) is 0 Å². The minimum absolute atomic E-state index is 0.0135. The van der Waals surface area contributed by atoms with E-state index in [0.717, 1.165) is 6.07 Å². The minimum atomic E-state index is -3.81. The molecule has 0 spiro atoms. The monoisotopic (exact) mass is 301 g/mol. The normalized spacial score (nSPS) is 13.4. The molecule has 0 aliphatic carbocycles. The minimum Gasteiger partial charge on any atom is -0.478 e. The van der Waals surface area contributed by atoms with Crippen molar-refractivity contribution in [3.05, 3.63) is 29.8 Å². The lowest BCUT2D eigenvalue weighted by molar-refractivity contribution is 0.0696. The van der Waals surface area contributed by atoms with Gasteiger partial charge in [0.1, 0.15) is 0 Å². The number of sulfonamides is 1. The molecule has 0 bridgehead atoms. The van der Waals surface area contributed by atoms with E-state index in [1.165, 1.54) is 18.2 Å². The first-order valence-corrected chi connectivity index (χ1v) is 7.73. The number of aliphatic hydroxyl groups excluding tert-OH is 1. The first-order chi connectivity index (χ1) is 9.27. The van der Waals surface area contributed by atoms with Crippen molar-refractivity contribution < 1.29 is 23.4 Å². The molecule has 20 heavy (non-hydrogen) atoms. The number of hydrogen-bond donors (Lipinski definition) is 3. The molecule has 6 nitrogen and oxygen atoms in total. The highest BCUT2D eigenvalue weighted by Crippen LogP contribution is 2.15. The maximum absolute atomic E-state index is 12.2. The van der Waals surface area contributed by atoms with Crippen LogP contribution >= 0.6 is 0 Å². The molecule has 1 unspecified atom stereocenters. The van der Waals surface area contributed by atoms with Crippen LogP contribution in [0.25, 0.3) is 0 Å². The zero-order valence-electron chi connectivity index (χ0n) is 11.4. The summed E-state index contributed by atoms with van der Waals surface area (Å²) in [7, 11) is -3.81. The molecule has 0 heterocycles. The summed E-state index contributed by atoms with van der Waals surface area (Å²) in [5.41, 5.74) is -0.0869. The second-order valence-electron chi connectivity index (χ2n) is 4.82. The van der Waals surface area contributed by atoms with Gasteiger partial charge in [0.25, 0.3) is 0 Å². The SMILES string of the molecule is CC(C)C(CCO)NS(=O)(=O)c1cccc(C(=O)O)c1. The van der Waals surface area contributed by atoms with E-state index in [1.807, 2.05) is 13.8 Å². The molecule has 0 aromatic heterocycles. The van der Waals surface area contributed by atoms with Crippen molar-refractivity contribution in [1.82, 2.24) is 4.72 Å². The first-order valence-electron chi connectivity index (χ1n) is 6.24. The number of nitrogens with one attached hydrogen (secondary N) is 1. The predicted molar refractivity (Wildman–Crippen MR) is 74.1 cm³/mol. The van der Waals surface area contributed by atoms with Gasteiger partial charge in [-0.2, -0.15) is 0 Å². The summed E-state index contributed by atoms with van der Waals surface area (Å²) in [5, 5.41) is 17.8. The van der Waals surface area contributed by atoms with Crippen molar-refractivity contribution in [2.75, 3.05) is 6.61 Å². The molecule has 0 saturated carbocycles. The summed E-state index contributed by atoms with van der Waals surface area (Å²) < 4.78 is 26.9. The summed E-state index contributed by atoms with van der Waals surface area (Å²) in [6.45, 7) is 3.56. The summed E-state index contributed by atoms with van der Waals surface area (Å²) in [5.74, 6) is -1.17. The molecular formula is C13H19NO5S. The molecule has 1 aromatic carbocycles. The van der Waals surface area contributed by atoms with Crippen LogP contribution in [0, 0.1) is 5.92 Å². The largest absolute Gasteiger partial charge is 0.478 e. The number of carboxylic acid groups (broad SMARTS) is 1. The van der Waals surface area contributed by atoms with Gasteiger partial charge in [-0.15, -0.1) is 0 Å². The summed E-state index contributed by atoms with van der Waals surface area (Å²) in [4.78, 5) is 10.8. The number of carbonyl (C=O) groups is 1. The van der Waals surface area contributed by atoms with E-state index in [9.17, 15) is 13.2 Å². The average molecular weight is 301 g/mol. The third kappa shape index (κ3) is 4.29. The van der Waals surface area contributed by atoms with E-state index in [2.05, 4.69) is 4.72 Å². The van der Waals surface area contributed by atoms with Crippen molar-refractivity contribution in [1.29, 1.82) is 0 Å². The second kappa shape index (κ2) is 6.83. The molecule has 0 aliphatic heterocycles. The van der Waals surface area contributed by atoms with Crippen molar-refractivity contribution in [3.8, 4) is 0 Å². The number of hydrogen-bond acceptors (Lipinski definition) is 4. The first kappa shape index (κ1) is 16.6. The molecule has 0 radical (unpaired) electrons. The van der Waals surface area contributed by atoms with Crippen LogP contribution in [0.5, 0.6) is 0 Å². The molecule has 0 amide bonds. The Morgan fingerprint density at radius 3 is 2.50 bits per heavy atom. The Labute approximate surface area is 118 Å². The van der Waals surface area contributed by atoms with Crippen molar-refractivity contribution in [2.24, 2.45) is 5.92 Å². The summed E-state index contributed by atoms with van der Waals surface area (Å²) >= 11 is 0. The number of rotatable bonds is 7. The highest BCUT2D eigenvalue weighted by molar-refractivity contribution is 7.89. The lowest BCUT2D eigenvalue weighted by atomic mass is 10.0. The van der Waals surface area contributed by atoms with Gasteiger partial charge in [0.05, 0.1) is 10.5 Å². The van der Waals surface area contributed by atoms with E-state index in [1.54, 1.807) is 0 Å². The average Bonchev–Trinajstić information content (AvgIpc) is 2.38. The standard InChI is InChI=1S/C13H19NO5S/c1-9(2)12(6-7-15)14-20(18,19)11-5-3-4-10(8-11)13(16)17/h3-5,8-9,12,14-15H,6-7H2,1-2H3,(H,16,17). The lowest BCUT2D eigenvalue weighted by Crippen LogP contribution is -2.39. The number of aliphatic hydroxyl groups is 1. The van der Waals surface area contributed by atoms with E-state index < -0.39 is 22.0 Å². The van der Waals surface area contributed by atoms with Gasteiger partial charge in [-0.1, -0.05) is 19.9 Å². The number of carboxylic acids is 1. The highest BCUT2D eigenvalue weighted by atomic mass is 32.2. The molecule has 0 aliphatic rings. The van der Waals surface area contributed by atoms with Crippen molar-refractivity contribution in [3.63, 3.8) is 0 Å². The van der Waals surface area contributed by atoms with Gasteiger partial charge < -0.3 is 10.2 Å². The Morgan fingerprint density at radius 1 is 1.35 bits per heavy atom. The van der Waals surface area contributed by atoms with E-state index in [-0.39, 0.29) is 23.0 Å². The van der Waals surface area contributed by atoms with Crippen LogP contribution in [0.15, 0.2) is 29.2 Å². The van der Waals surface area contributed by atoms with Crippen molar-refractivity contribution >= 4 is 16.0 Å². The topological polar surface area (TPSA) is 104 Å². The van der Waals surface area contributed by atoms with Crippen LogP contribution < -0.4 is 4.72 Å². The molecule has 7 heteroatoms. The molecule has 0 fully saturated rings.